The van der Waals surface area contributed by atoms with Crippen LogP contribution in [0.2, 0.25) is 0 Å². The summed E-state index contributed by atoms with van der Waals surface area (Å²) in [5.41, 5.74) is -2.49. The number of aromatic carboxylic acids is 4. The second-order valence-corrected chi connectivity index (χ2v) is 7.58. The molecule has 5 aromatic rings. The molecule has 5 rings (SSSR count). The van der Waals surface area contributed by atoms with Crippen LogP contribution in [-0.2, 0) is 0 Å². The zero-order valence-electron chi connectivity index (χ0n) is 16.6. The van der Waals surface area contributed by atoms with Gasteiger partial charge in [-0.2, -0.15) is 0 Å². The summed E-state index contributed by atoms with van der Waals surface area (Å²) in [6.07, 6.45) is 0. The molecule has 34 heavy (non-hydrogen) atoms. The van der Waals surface area contributed by atoms with Gasteiger partial charge < -0.3 is 20.4 Å². The minimum atomic E-state index is -1.87. The molecule has 0 aromatic heterocycles. The number of hydrogen-bond acceptors (Lipinski definition) is 4. The van der Waals surface area contributed by atoms with Crippen LogP contribution >= 0.6 is 0 Å². The zero-order valence-corrected chi connectivity index (χ0v) is 16.6. The van der Waals surface area contributed by atoms with Crippen LogP contribution in [0.4, 0.5) is 8.78 Å². The smallest absolute Gasteiger partial charge is 0.339 e. The second kappa shape index (κ2) is 6.82. The average molecular weight is 464 g/mol. The number of benzene rings is 5. The molecule has 0 amide bonds. The number of fused-ring (bicyclic) bond motifs is 2. The molecule has 0 unspecified atom stereocenters. The van der Waals surface area contributed by atoms with Crippen molar-refractivity contribution < 1.29 is 48.4 Å². The molecule has 0 saturated carbocycles. The first-order valence-electron chi connectivity index (χ1n) is 9.57. The predicted molar refractivity (Wildman–Crippen MR) is 115 cm³/mol. The Hall–Kier alpha value is -4.86. The third kappa shape index (κ3) is 2.50. The van der Waals surface area contributed by atoms with Crippen molar-refractivity contribution in [3.05, 3.63) is 70.3 Å². The lowest BCUT2D eigenvalue weighted by Crippen LogP contribution is -2.10. The SMILES string of the molecule is O=C(O)c1ccc2c3ccc(C(=O)O)c4c(C(=O)O)c(F)c(F)c(c5ccc(C(=O)O)c1c25)c43. The van der Waals surface area contributed by atoms with Gasteiger partial charge in [-0.05, 0) is 39.7 Å². The standard InChI is InChI=1S/C24H10F2O8/c25-19-17-9-3-6-11(22(29)30)14-10(21(27)28)4-1-7(13(9)14)8-2-5-12(23(31)32)16(15(8)17)18(20(19)26)24(33)34/h1-6H,(H,27,28)(H,29,30)(H,31,32)(H,33,34). The van der Waals surface area contributed by atoms with E-state index < -0.39 is 57.4 Å². The Labute approximate surface area is 186 Å². The fraction of sp³-hybridized carbons (Fsp3) is 0. The van der Waals surface area contributed by atoms with Crippen molar-refractivity contribution in [2.24, 2.45) is 0 Å². The molecule has 0 bridgehead atoms. The fourth-order valence-electron chi connectivity index (χ4n) is 4.70. The molecule has 0 aliphatic heterocycles. The Morgan fingerprint density at radius 2 is 0.912 bits per heavy atom. The van der Waals surface area contributed by atoms with Gasteiger partial charge in [-0.1, -0.05) is 18.2 Å². The van der Waals surface area contributed by atoms with Crippen LogP contribution in [0.1, 0.15) is 41.4 Å². The lowest BCUT2D eigenvalue weighted by atomic mass is 9.84. The van der Waals surface area contributed by atoms with Gasteiger partial charge in [0.05, 0.1) is 16.7 Å². The largest absolute Gasteiger partial charge is 0.478 e. The van der Waals surface area contributed by atoms with Crippen LogP contribution in [0.15, 0.2) is 36.4 Å². The quantitative estimate of drug-likeness (QED) is 0.219. The van der Waals surface area contributed by atoms with Crippen molar-refractivity contribution in [2.45, 2.75) is 0 Å². The van der Waals surface area contributed by atoms with Gasteiger partial charge in [-0.25, -0.2) is 28.0 Å². The Morgan fingerprint density at radius 3 is 1.38 bits per heavy atom. The molecule has 0 spiro atoms. The van der Waals surface area contributed by atoms with Crippen molar-refractivity contribution >= 4 is 67.0 Å². The van der Waals surface area contributed by atoms with Gasteiger partial charge in [-0.3, -0.25) is 0 Å². The van der Waals surface area contributed by atoms with Gasteiger partial charge in [-0.15, -0.1) is 0 Å². The summed E-state index contributed by atoms with van der Waals surface area (Å²) in [7, 11) is 0. The molecule has 0 aliphatic rings. The summed E-state index contributed by atoms with van der Waals surface area (Å²) in [6, 6.07) is 6.99. The minimum absolute atomic E-state index is 0.0121. The molecule has 8 nitrogen and oxygen atoms in total. The molecule has 0 radical (unpaired) electrons. The highest BCUT2D eigenvalue weighted by Gasteiger charge is 2.30. The molecule has 0 aliphatic carbocycles. The van der Waals surface area contributed by atoms with Crippen molar-refractivity contribution in [1.82, 2.24) is 0 Å². The van der Waals surface area contributed by atoms with Gasteiger partial charge >= 0.3 is 23.9 Å². The molecular weight excluding hydrogens is 454 g/mol. The number of carboxylic acid groups (broad SMARTS) is 4. The summed E-state index contributed by atoms with van der Waals surface area (Å²) in [4.78, 5) is 47.4. The first kappa shape index (κ1) is 21.0. The normalized spacial score (nSPS) is 11.6. The van der Waals surface area contributed by atoms with Crippen molar-refractivity contribution in [1.29, 1.82) is 0 Å². The third-order valence-corrected chi connectivity index (χ3v) is 5.96. The van der Waals surface area contributed by atoms with Crippen molar-refractivity contribution in [2.75, 3.05) is 0 Å². The third-order valence-electron chi connectivity index (χ3n) is 5.96. The van der Waals surface area contributed by atoms with Crippen LogP contribution < -0.4 is 0 Å². The van der Waals surface area contributed by atoms with Gasteiger partial charge in [0.1, 0.15) is 5.56 Å². The number of rotatable bonds is 4. The number of hydrogen-bond donors (Lipinski definition) is 4. The van der Waals surface area contributed by atoms with Gasteiger partial charge in [0.2, 0.25) is 0 Å². The summed E-state index contributed by atoms with van der Waals surface area (Å²) in [5.74, 6) is -9.70. The zero-order chi connectivity index (χ0) is 24.6. The Morgan fingerprint density at radius 1 is 0.471 bits per heavy atom. The summed E-state index contributed by atoms with van der Waals surface area (Å²) in [6.45, 7) is 0. The van der Waals surface area contributed by atoms with Crippen molar-refractivity contribution in [3.63, 3.8) is 0 Å². The molecule has 0 heterocycles. The summed E-state index contributed by atoms with van der Waals surface area (Å²) >= 11 is 0. The summed E-state index contributed by atoms with van der Waals surface area (Å²) in [5, 5.41) is 37.3. The topological polar surface area (TPSA) is 149 Å². The average Bonchev–Trinajstić information content (AvgIpc) is 2.77. The first-order chi connectivity index (χ1) is 16.1. The van der Waals surface area contributed by atoms with E-state index in [1.807, 2.05) is 0 Å². The molecular formula is C24H10F2O8. The molecule has 10 heteroatoms. The molecule has 4 N–H and O–H groups in total. The highest BCUT2D eigenvalue weighted by molar-refractivity contribution is 6.38. The Kier molecular flexibility index (Phi) is 4.21. The Bertz CT molecular complexity index is 1770. The lowest BCUT2D eigenvalue weighted by Gasteiger charge is -2.19. The molecule has 5 aromatic carbocycles. The maximum Gasteiger partial charge on any atom is 0.339 e. The van der Waals surface area contributed by atoms with E-state index in [1.165, 1.54) is 12.1 Å². The van der Waals surface area contributed by atoms with Gasteiger partial charge in [0.15, 0.2) is 11.6 Å². The van der Waals surface area contributed by atoms with Crippen molar-refractivity contribution in [3.8, 4) is 0 Å². The molecule has 0 saturated heterocycles. The highest BCUT2D eigenvalue weighted by atomic mass is 19.2. The molecule has 168 valence electrons. The Balaban J connectivity index is 2.24. The van der Waals surface area contributed by atoms with E-state index in [0.717, 1.165) is 24.3 Å². The fourth-order valence-corrected chi connectivity index (χ4v) is 4.70. The van der Waals surface area contributed by atoms with Gasteiger partial charge in [0.25, 0.3) is 0 Å². The van der Waals surface area contributed by atoms with Crippen LogP contribution in [0, 0.1) is 11.6 Å². The number of carboxylic acids is 4. The lowest BCUT2D eigenvalue weighted by molar-refractivity contribution is 0.0679. The van der Waals surface area contributed by atoms with E-state index in [4.69, 9.17) is 0 Å². The molecule has 0 fully saturated rings. The van der Waals surface area contributed by atoms with E-state index in [1.54, 1.807) is 0 Å². The van der Waals surface area contributed by atoms with Crippen LogP contribution in [0.25, 0.3) is 43.1 Å². The predicted octanol–water partition coefficient (Wildman–Crippen LogP) is 4.81. The van der Waals surface area contributed by atoms with E-state index >= 15 is 8.78 Å². The number of carbonyl (C=O) groups is 4. The van der Waals surface area contributed by atoms with E-state index in [-0.39, 0.29) is 43.4 Å². The summed E-state index contributed by atoms with van der Waals surface area (Å²) < 4.78 is 30.5. The van der Waals surface area contributed by atoms with E-state index in [0.29, 0.717) is 0 Å². The second-order valence-electron chi connectivity index (χ2n) is 7.58. The maximum absolute atomic E-state index is 15.4. The highest BCUT2D eigenvalue weighted by Crippen LogP contribution is 2.45. The van der Waals surface area contributed by atoms with Crippen LogP contribution in [0.3, 0.4) is 0 Å². The number of halogens is 2. The van der Waals surface area contributed by atoms with Gasteiger partial charge in [0, 0.05) is 21.5 Å². The van der Waals surface area contributed by atoms with Crippen LogP contribution in [-0.4, -0.2) is 44.3 Å². The van der Waals surface area contributed by atoms with E-state index in [2.05, 4.69) is 0 Å². The van der Waals surface area contributed by atoms with Crippen LogP contribution in [0.5, 0.6) is 0 Å². The van der Waals surface area contributed by atoms with E-state index in [9.17, 15) is 39.6 Å². The maximum atomic E-state index is 15.4. The molecule has 0 atom stereocenters. The monoisotopic (exact) mass is 464 g/mol. The minimum Gasteiger partial charge on any atom is -0.478 e. The first-order valence-corrected chi connectivity index (χ1v) is 9.57.